The Morgan fingerprint density at radius 2 is 2.16 bits per heavy atom. The molecule has 2 rings (SSSR count). The van der Waals surface area contributed by atoms with Gasteiger partial charge >= 0.3 is 0 Å². The van der Waals surface area contributed by atoms with Crippen molar-refractivity contribution >= 4 is 15.9 Å². The molecular weight excluding hydrogens is 316 g/mol. The fraction of sp³-hybridized carbons (Fsp3) is 0.538. The molecule has 0 bridgehead atoms. The first-order chi connectivity index (χ1) is 9.06. The van der Waals surface area contributed by atoms with Crippen molar-refractivity contribution in [2.45, 2.75) is 30.8 Å². The van der Waals surface area contributed by atoms with E-state index >= 15 is 0 Å². The lowest BCUT2D eigenvalue weighted by Gasteiger charge is -2.36. The maximum atomic E-state index is 10.0. The van der Waals surface area contributed by atoms with Crippen LogP contribution in [0.3, 0.4) is 0 Å². The molecule has 0 amide bonds. The molecule has 6 heteroatoms. The number of hydrogen-bond acceptors (Lipinski definition) is 5. The normalized spacial score (nSPS) is 31.2. The molecule has 0 radical (unpaired) electrons. The molecule has 0 saturated carbocycles. The quantitative estimate of drug-likeness (QED) is 0.769. The Kier molecular flexibility index (Phi) is 4.81. The summed E-state index contributed by atoms with van der Waals surface area (Å²) in [6.45, 7) is -0.187. The van der Waals surface area contributed by atoms with Gasteiger partial charge in [-0.25, -0.2) is 0 Å². The van der Waals surface area contributed by atoms with Gasteiger partial charge in [0.05, 0.1) is 30.4 Å². The van der Waals surface area contributed by atoms with Gasteiger partial charge in [-0.15, -0.1) is 0 Å². The number of hydrogen-bond donors (Lipinski definition) is 3. The number of benzene rings is 1. The van der Waals surface area contributed by atoms with Crippen LogP contribution in [0.15, 0.2) is 22.7 Å². The van der Waals surface area contributed by atoms with E-state index in [-0.39, 0.29) is 13.0 Å². The Bertz CT molecular complexity index is 439. The molecule has 1 saturated heterocycles. The maximum absolute atomic E-state index is 10.0. The van der Waals surface area contributed by atoms with Crippen LogP contribution in [0.5, 0.6) is 5.75 Å². The average Bonchev–Trinajstić information content (AvgIpc) is 2.42. The summed E-state index contributed by atoms with van der Waals surface area (Å²) in [5.41, 5.74) is 0.699. The smallest absolute Gasteiger partial charge is 0.133 e. The van der Waals surface area contributed by atoms with Crippen LogP contribution in [0.25, 0.3) is 0 Å². The van der Waals surface area contributed by atoms with Gasteiger partial charge in [-0.1, -0.05) is 6.07 Å². The molecule has 19 heavy (non-hydrogen) atoms. The van der Waals surface area contributed by atoms with E-state index in [0.717, 1.165) is 4.47 Å². The van der Waals surface area contributed by atoms with Crippen molar-refractivity contribution in [3.8, 4) is 5.75 Å². The van der Waals surface area contributed by atoms with Gasteiger partial charge in [0, 0.05) is 6.42 Å². The summed E-state index contributed by atoms with van der Waals surface area (Å²) in [7, 11) is 1.55. The summed E-state index contributed by atoms with van der Waals surface area (Å²) in [5.74, 6) is 0.619. The number of halogens is 1. The molecule has 5 nitrogen and oxygen atoms in total. The van der Waals surface area contributed by atoms with Crippen molar-refractivity contribution in [3.63, 3.8) is 0 Å². The van der Waals surface area contributed by atoms with E-state index in [1.165, 1.54) is 0 Å². The first-order valence-corrected chi connectivity index (χ1v) is 6.82. The lowest BCUT2D eigenvalue weighted by molar-refractivity contribution is -0.179. The van der Waals surface area contributed by atoms with E-state index in [9.17, 15) is 10.2 Å². The van der Waals surface area contributed by atoms with Crippen molar-refractivity contribution in [2.75, 3.05) is 13.7 Å². The van der Waals surface area contributed by atoms with Gasteiger partial charge in [0.25, 0.3) is 0 Å². The van der Waals surface area contributed by atoms with E-state index < -0.39 is 24.4 Å². The molecule has 4 unspecified atom stereocenters. The van der Waals surface area contributed by atoms with Gasteiger partial charge in [0.2, 0.25) is 0 Å². The summed E-state index contributed by atoms with van der Waals surface area (Å²) >= 11 is 3.35. The van der Waals surface area contributed by atoms with Crippen LogP contribution in [-0.4, -0.2) is 47.3 Å². The first-order valence-electron chi connectivity index (χ1n) is 6.02. The highest BCUT2D eigenvalue weighted by atomic mass is 79.9. The second-order valence-electron chi connectivity index (χ2n) is 4.55. The molecule has 1 aromatic rings. The third-order valence-electron chi connectivity index (χ3n) is 3.26. The van der Waals surface area contributed by atoms with Crippen molar-refractivity contribution in [2.24, 2.45) is 0 Å². The first kappa shape index (κ1) is 14.7. The number of rotatable bonds is 3. The molecule has 0 spiro atoms. The van der Waals surface area contributed by atoms with Crippen molar-refractivity contribution in [1.29, 1.82) is 0 Å². The molecule has 0 aliphatic carbocycles. The highest BCUT2D eigenvalue weighted by Gasteiger charge is 2.37. The molecule has 1 heterocycles. The standard InChI is InChI=1S/C13H17BrO5/c1-18-11-4-7(2-3-9(11)14)13-12(17)10(16)5-8(6-15)19-13/h2-4,8,10,12-13,15-17H,5-6H2,1H3. The molecule has 0 aromatic heterocycles. The third-order valence-corrected chi connectivity index (χ3v) is 3.91. The molecule has 3 N–H and O–H groups in total. The zero-order valence-electron chi connectivity index (χ0n) is 10.5. The molecule has 1 aromatic carbocycles. The van der Waals surface area contributed by atoms with E-state index in [1.54, 1.807) is 25.3 Å². The lowest BCUT2D eigenvalue weighted by Crippen LogP contribution is -2.44. The zero-order chi connectivity index (χ0) is 14.0. The molecule has 1 aliphatic rings. The zero-order valence-corrected chi connectivity index (χ0v) is 12.1. The molecule has 1 aliphatic heterocycles. The van der Waals surface area contributed by atoms with Gasteiger partial charge in [-0.2, -0.15) is 0 Å². The molecular formula is C13H17BrO5. The Labute approximate surface area is 119 Å². The third kappa shape index (κ3) is 3.09. The fourth-order valence-electron chi connectivity index (χ4n) is 2.20. The summed E-state index contributed by atoms with van der Waals surface area (Å²) in [6.07, 6.45) is -2.86. The van der Waals surface area contributed by atoms with Gasteiger partial charge in [0.15, 0.2) is 0 Å². The Hall–Kier alpha value is -0.660. The van der Waals surface area contributed by atoms with Crippen LogP contribution in [-0.2, 0) is 4.74 Å². The lowest BCUT2D eigenvalue weighted by atomic mass is 9.93. The van der Waals surface area contributed by atoms with Gasteiger partial charge in [0.1, 0.15) is 18.0 Å². The second kappa shape index (κ2) is 6.19. The van der Waals surface area contributed by atoms with Crippen LogP contribution >= 0.6 is 15.9 Å². The summed E-state index contributed by atoms with van der Waals surface area (Å²) in [6, 6.07) is 5.32. The summed E-state index contributed by atoms with van der Waals surface area (Å²) < 4.78 is 11.6. The second-order valence-corrected chi connectivity index (χ2v) is 5.40. The van der Waals surface area contributed by atoms with Gasteiger partial charge < -0.3 is 24.8 Å². The number of ether oxygens (including phenoxy) is 2. The Morgan fingerprint density at radius 1 is 1.42 bits per heavy atom. The van der Waals surface area contributed by atoms with Crippen molar-refractivity contribution < 1.29 is 24.8 Å². The maximum Gasteiger partial charge on any atom is 0.133 e. The Morgan fingerprint density at radius 3 is 2.79 bits per heavy atom. The van der Waals surface area contributed by atoms with E-state index in [4.69, 9.17) is 14.6 Å². The van der Waals surface area contributed by atoms with Gasteiger partial charge in [-0.05, 0) is 33.6 Å². The number of aliphatic hydroxyl groups excluding tert-OH is 3. The number of aliphatic hydroxyl groups is 3. The molecule has 1 fully saturated rings. The summed E-state index contributed by atoms with van der Waals surface area (Å²) in [5, 5.41) is 29.0. The van der Waals surface area contributed by atoms with Crippen LogP contribution in [0.4, 0.5) is 0 Å². The van der Waals surface area contributed by atoms with Crippen molar-refractivity contribution in [3.05, 3.63) is 28.2 Å². The summed E-state index contributed by atoms with van der Waals surface area (Å²) in [4.78, 5) is 0. The highest BCUT2D eigenvalue weighted by molar-refractivity contribution is 9.10. The minimum atomic E-state index is -1.02. The predicted molar refractivity (Wildman–Crippen MR) is 72.0 cm³/mol. The van der Waals surface area contributed by atoms with Crippen LogP contribution in [0.2, 0.25) is 0 Å². The van der Waals surface area contributed by atoms with Crippen LogP contribution < -0.4 is 4.74 Å². The van der Waals surface area contributed by atoms with Crippen LogP contribution in [0.1, 0.15) is 18.1 Å². The minimum absolute atomic E-state index is 0.187. The van der Waals surface area contributed by atoms with Gasteiger partial charge in [-0.3, -0.25) is 0 Å². The average molecular weight is 333 g/mol. The van der Waals surface area contributed by atoms with Crippen LogP contribution in [0, 0.1) is 0 Å². The minimum Gasteiger partial charge on any atom is -0.496 e. The van der Waals surface area contributed by atoms with E-state index in [1.807, 2.05) is 0 Å². The topological polar surface area (TPSA) is 79.2 Å². The fourth-order valence-corrected chi connectivity index (χ4v) is 2.61. The SMILES string of the molecule is COc1cc(C2OC(CO)CC(O)C2O)ccc1Br. The molecule has 106 valence electrons. The van der Waals surface area contributed by atoms with E-state index in [2.05, 4.69) is 15.9 Å². The molecule has 4 atom stereocenters. The largest absolute Gasteiger partial charge is 0.496 e. The van der Waals surface area contributed by atoms with Crippen molar-refractivity contribution in [1.82, 2.24) is 0 Å². The van der Waals surface area contributed by atoms with E-state index in [0.29, 0.717) is 11.3 Å². The highest BCUT2D eigenvalue weighted by Crippen LogP contribution is 2.35. The monoisotopic (exact) mass is 332 g/mol. The number of methoxy groups -OCH3 is 1. The Balaban J connectivity index is 2.28. The predicted octanol–water partition coefficient (Wildman–Crippen LogP) is 1.00.